The van der Waals surface area contributed by atoms with Gasteiger partial charge in [0.05, 0.1) is 13.2 Å². The van der Waals surface area contributed by atoms with Crippen LogP contribution in [-0.2, 0) is 19.1 Å². The SMILES string of the molecule is COC(=O)C1(C(C)=O)CCC(OC)C1c1c(C)cc(C)cc1C. The maximum absolute atomic E-state index is 12.6. The van der Waals surface area contributed by atoms with E-state index in [9.17, 15) is 9.59 Å². The van der Waals surface area contributed by atoms with E-state index in [1.165, 1.54) is 19.6 Å². The first-order valence-electron chi connectivity index (χ1n) is 7.99. The lowest BCUT2D eigenvalue weighted by Gasteiger charge is -2.34. The molecule has 4 nitrogen and oxygen atoms in total. The van der Waals surface area contributed by atoms with Crippen molar-refractivity contribution in [3.8, 4) is 0 Å². The predicted octanol–water partition coefficient (Wildman–Crippen LogP) is 3.25. The van der Waals surface area contributed by atoms with E-state index in [2.05, 4.69) is 12.1 Å². The highest BCUT2D eigenvalue weighted by atomic mass is 16.5. The quantitative estimate of drug-likeness (QED) is 0.631. The topological polar surface area (TPSA) is 52.6 Å². The minimum atomic E-state index is -1.15. The third-order valence-corrected chi connectivity index (χ3v) is 5.26. The van der Waals surface area contributed by atoms with Crippen molar-refractivity contribution >= 4 is 11.8 Å². The molecule has 2 rings (SSSR count). The van der Waals surface area contributed by atoms with Crippen LogP contribution in [0.3, 0.4) is 0 Å². The third-order valence-electron chi connectivity index (χ3n) is 5.26. The van der Waals surface area contributed by atoms with Gasteiger partial charge in [0.15, 0.2) is 0 Å². The maximum Gasteiger partial charge on any atom is 0.320 e. The Morgan fingerprint density at radius 1 is 1.13 bits per heavy atom. The molecule has 0 N–H and O–H groups in total. The molecule has 1 fully saturated rings. The standard InChI is InChI=1S/C19H26O4/c1-11-9-12(2)16(13(3)10-11)17-15(22-5)7-8-19(17,14(4)20)18(21)23-6/h9-10,15,17H,7-8H2,1-6H3. The van der Waals surface area contributed by atoms with E-state index in [1.807, 2.05) is 20.8 Å². The average molecular weight is 318 g/mol. The zero-order valence-corrected chi connectivity index (χ0v) is 14.9. The first-order chi connectivity index (χ1) is 10.8. The van der Waals surface area contributed by atoms with Gasteiger partial charge in [0.2, 0.25) is 0 Å². The van der Waals surface area contributed by atoms with Crippen molar-refractivity contribution in [3.63, 3.8) is 0 Å². The molecular formula is C19H26O4. The highest BCUT2D eigenvalue weighted by Gasteiger charge is 2.59. The number of Topliss-reactive ketones (excluding diaryl/α,β-unsaturated/α-hetero) is 1. The summed E-state index contributed by atoms with van der Waals surface area (Å²) < 4.78 is 10.7. The monoisotopic (exact) mass is 318 g/mol. The van der Waals surface area contributed by atoms with Gasteiger partial charge in [0, 0.05) is 13.0 Å². The molecule has 1 aromatic carbocycles. The molecule has 0 bridgehead atoms. The summed E-state index contributed by atoms with van der Waals surface area (Å²) in [5, 5.41) is 0. The molecule has 1 aliphatic rings. The summed E-state index contributed by atoms with van der Waals surface area (Å²) in [5.41, 5.74) is 3.24. The van der Waals surface area contributed by atoms with Crippen molar-refractivity contribution in [2.75, 3.05) is 14.2 Å². The van der Waals surface area contributed by atoms with Crippen LogP contribution in [0, 0.1) is 26.2 Å². The number of esters is 1. The zero-order chi connectivity index (χ0) is 17.4. The molecule has 0 aliphatic heterocycles. The van der Waals surface area contributed by atoms with Crippen LogP contribution in [0.15, 0.2) is 12.1 Å². The number of methoxy groups -OCH3 is 2. The summed E-state index contributed by atoms with van der Waals surface area (Å²) in [6, 6.07) is 4.19. The Morgan fingerprint density at radius 3 is 2.13 bits per heavy atom. The molecule has 0 aromatic heterocycles. The molecule has 1 aliphatic carbocycles. The van der Waals surface area contributed by atoms with E-state index in [-0.39, 0.29) is 17.8 Å². The molecule has 1 saturated carbocycles. The number of hydrogen-bond donors (Lipinski definition) is 0. The minimum Gasteiger partial charge on any atom is -0.468 e. The Balaban J connectivity index is 2.72. The Hall–Kier alpha value is -1.68. The van der Waals surface area contributed by atoms with Crippen LogP contribution in [0.2, 0.25) is 0 Å². The second kappa shape index (κ2) is 6.44. The Labute approximate surface area is 138 Å². The molecular weight excluding hydrogens is 292 g/mol. The molecule has 3 unspecified atom stereocenters. The molecule has 23 heavy (non-hydrogen) atoms. The number of benzene rings is 1. The number of aryl methyl sites for hydroxylation is 3. The van der Waals surface area contributed by atoms with Gasteiger partial charge in [0.25, 0.3) is 0 Å². The van der Waals surface area contributed by atoms with E-state index in [1.54, 1.807) is 7.11 Å². The molecule has 126 valence electrons. The Morgan fingerprint density at radius 2 is 1.70 bits per heavy atom. The smallest absolute Gasteiger partial charge is 0.320 e. The number of ether oxygens (including phenoxy) is 2. The molecule has 1 aromatic rings. The van der Waals surface area contributed by atoms with Gasteiger partial charge in [-0.1, -0.05) is 17.7 Å². The zero-order valence-electron chi connectivity index (χ0n) is 14.9. The fourth-order valence-corrected chi connectivity index (χ4v) is 4.33. The molecule has 0 heterocycles. The van der Waals surface area contributed by atoms with Crippen LogP contribution in [0.25, 0.3) is 0 Å². The molecule has 4 heteroatoms. The Bertz CT molecular complexity index is 611. The van der Waals surface area contributed by atoms with E-state index >= 15 is 0 Å². The molecule has 0 saturated heterocycles. The lowest BCUT2D eigenvalue weighted by Crippen LogP contribution is -2.44. The average Bonchev–Trinajstić information content (AvgIpc) is 2.86. The minimum absolute atomic E-state index is 0.145. The maximum atomic E-state index is 12.6. The highest BCUT2D eigenvalue weighted by molar-refractivity contribution is 6.04. The van der Waals surface area contributed by atoms with Crippen LogP contribution < -0.4 is 0 Å². The summed E-state index contributed by atoms with van der Waals surface area (Å²) in [5.74, 6) is -0.903. The summed E-state index contributed by atoms with van der Waals surface area (Å²) in [4.78, 5) is 25.2. The van der Waals surface area contributed by atoms with Gasteiger partial charge >= 0.3 is 5.97 Å². The first-order valence-corrected chi connectivity index (χ1v) is 7.99. The lowest BCUT2D eigenvalue weighted by molar-refractivity contribution is -0.159. The normalized spacial score (nSPS) is 27.0. The molecule has 0 radical (unpaired) electrons. The van der Waals surface area contributed by atoms with E-state index in [0.29, 0.717) is 12.8 Å². The first kappa shape index (κ1) is 17.7. The molecule has 3 atom stereocenters. The van der Waals surface area contributed by atoms with Gasteiger partial charge in [-0.15, -0.1) is 0 Å². The number of carbonyl (C=O) groups is 2. The van der Waals surface area contributed by atoms with Crippen molar-refractivity contribution < 1.29 is 19.1 Å². The van der Waals surface area contributed by atoms with Crippen LogP contribution in [0.5, 0.6) is 0 Å². The van der Waals surface area contributed by atoms with Gasteiger partial charge in [-0.3, -0.25) is 9.59 Å². The number of hydrogen-bond acceptors (Lipinski definition) is 4. The highest BCUT2D eigenvalue weighted by Crippen LogP contribution is 2.53. The van der Waals surface area contributed by atoms with Crippen molar-refractivity contribution in [2.45, 2.75) is 52.6 Å². The number of carbonyl (C=O) groups excluding carboxylic acids is 2. The predicted molar refractivity (Wildman–Crippen MR) is 88.6 cm³/mol. The van der Waals surface area contributed by atoms with Crippen LogP contribution in [0.1, 0.15) is 47.9 Å². The van der Waals surface area contributed by atoms with Gasteiger partial charge in [-0.05, 0) is 57.2 Å². The summed E-state index contributed by atoms with van der Waals surface area (Å²) >= 11 is 0. The fourth-order valence-electron chi connectivity index (χ4n) is 4.33. The second-order valence-electron chi connectivity index (χ2n) is 6.62. The van der Waals surface area contributed by atoms with Gasteiger partial charge in [-0.2, -0.15) is 0 Å². The van der Waals surface area contributed by atoms with Crippen LogP contribution in [-0.4, -0.2) is 32.1 Å². The van der Waals surface area contributed by atoms with Crippen molar-refractivity contribution in [1.82, 2.24) is 0 Å². The number of rotatable bonds is 4. The van der Waals surface area contributed by atoms with Gasteiger partial charge in [-0.25, -0.2) is 0 Å². The van der Waals surface area contributed by atoms with Crippen molar-refractivity contribution in [3.05, 3.63) is 34.4 Å². The van der Waals surface area contributed by atoms with Crippen LogP contribution >= 0.6 is 0 Å². The largest absolute Gasteiger partial charge is 0.468 e. The summed E-state index contributed by atoms with van der Waals surface area (Å²) in [6.45, 7) is 7.59. The van der Waals surface area contributed by atoms with Crippen molar-refractivity contribution in [2.24, 2.45) is 5.41 Å². The fraction of sp³-hybridized carbons (Fsp3) is 0.579. The summed E-state index contributed by atoms with van der Waals surface area (Å²) in [6.07, 6.45) is 0.964. The molecule has 0 amide bonds. The lowest BCUT2D eigenvalue weighted by atomic mass is 9.69. The van der Waals surface area contributed by atoms with E-state index in [0.717, 1.165) is 16.7 Å². The number of ketones is 1. The third kappa shape index (κ3) is 2.69. The summed E-state index contributed by atoms with van der Waals surface area (Å²) in [7, 11) is 2.99. The second-order valence-corrected chi connectivity index (χ2v) is 6.62. The van der Waals surface area contributed by atoms with Crippen LogP contribution in [0.4, 0.5) is 0 Å². The van der Waals surface area contributed by atoms with E-state index < -0.39 is 11.4 Å². The van der Waals surface area contributed by atoms with E-state index in [4.69, 9.17) is 9.47 Å². The van der Waals surface area contributed by atoms with Gasteiger partial charge in [0.1, 0.15) is 11.2 Å². The Kier molecular flexibility index (Phi) is 4.95. The molecule has 0 spiro atoms. The van der Waals surface area contributed by atoms with Crippen molar-refractivity contribution in [1.29, 1.82) is 0 Å². The van der Waals surface area contributed by atoms with Gasteiger partial charge < -0.3 is 9.47 Å².